The summed E-state index contributed by atoms with van der Waals surface area (Å²) in [5.74, 6) is 0.973. The van der Waals surface area contributed by atoms with Crippen molar-refractivity contribution in [3.05, 3.63) is 29.3 Å². The van der Waals surface area contributed by atoms with Gasteiger partial charge in [-0.2, -0.15) is 0 Å². The summed E-state index contributed by atoms with van der Waals surface area (Å²) in [6, 6.07) is 6.44. The standard InChI is InChI=1S/C17H28N2O2/c1-4-19(13-16-6-5-9-21-16)12-15-10-14(11-18-2)7-8-17(15)20-3/h7-8,10,16,18H,4-6,9,11-13H2,1-3H3. The van der Waals surface area contributed by atoms with Gasteiger partial charge >= 0.3 is 0 Å². The molecule has 1 aliphatic rings. The lowest BCUT2D eigenvalue weighted by Gasteiger charge is -2.24. The third-order valence-electron chi connectivity index (χ3n) is 4.05. The van der Waals surface area contributed by atoms with Crippen LogP contribution in [0.25, 0.3) is 0 Å². The third kappa shape index (κ3) is 4.70. The molecule has 4 nitrogen and oxygen atoms in total. The molecule has 0 spiro atoms. The number of nitrogens with one attached hydrogen (secondary N) is 1. The Hall–Kier alpha value is -1.10. The second-order valence-corrected chi connectivity index (χ2v) is 5.64. The maximum absolute atomic E-state index is 5.76. The monoisotopic (exact) mass is 292 g/mol. The molecule has 1 atom stereocenters. The molecule has 1 fully saturated rings. The Balaban J connectivity index is 2.05. The van der Waals surface area contributed by atoms with E-state index in [2.05, 4.69) is 35.3 Å². The Morgan fingerprint density at radius 2 is 2.29 bits per heavy atom. The summed E-state index contributed by atoms with van der Waals surface area (Å²) in [5.41, 5.74) is 2.55. The van der Waals surface area contributed by atoms with E-state index in [1.807, 2.05) is 7.05 Å². The maximum Gasteiger partial charge on any atom is 0.123 e. The van der Waals surface area contributed by atoms with E-state index < -0.39 is 0 Å². The molecular formula is C17H28N2O2. The normalized spacial score (nSPS) is 18.4. The quantitative estimate of drug-likeness (QED) is 0.798. The molecule has 4 heteroatoms. The minimum atomic E-state index is 0.399. The Labute approximate surface area is 128 Å². The van der Waals surface area contributed by atoms with Gasteiger partial charge in [-0.3, -0.25) is 4.90 Å². The maximum atomic E-state index is 5.76. The van der Waals surface area contributed by atoms with Crippen molar-refractivity contribution in [2.45, 2.75) is 39.0 Å². The predicted molar refractivity (Wildman–Crippen MR) is 85.7 cm³/mol. The molecule has 2 rings (SSSR count). The van der Waals surface area contributed by atoms with Crippen LogP contribution >= 0.6 is 0 Å². The molecule has 0 radical (unpaired) electrons. The van der Waals surface area contributed by atoms with Crippen molar-refractivity contribution in [2.75, 3.05) is 33.9 Å². The van der Waals surface area contributed by atoms with Crippen LogP contribution in [0.5, 0.6) is 5.75 Å². The molecule has 1 aromatic rings. The van der Waals surface area contributed by atoms with E-state index in [9.17, 15) is 0 Å². The fourth-order valence-electron chi connectivity index (χ4n) is 2.89. The molecule has 0 bridgehead atoms. The van der Waals surface area contributed by atoms with Gasteiger partial charge in [0.1, 0.15) is 5.75 Å². The SMILES string of the molecule is CCN(Cc1cc(CNC)ccc1OC)CC1CCCO1. The molecule has 1 saturated heterocycles. The smallest absolute Gasteiger partial charge is 0.123 e. The summed E-state index contributed by atoms with van der Waals surface area (Å²) in [6.07, 6.45) is 2.79. The Morgan fingerprint density at radius 1 is 1.43 bits per heavy atom. The van der Waals surface area contributed by atoms with Gasteiger partial charge in [0.25, 0.3) is 0 Å². The van der Waals surface area contributed by atoms with E-state index >= 15 is 0 Å². The van der Waals surface area contributed by atoms with Gasteiger partial charge in [-0.1, -0.05) is 13.0 Å². The van der Waals surface area contributed by atoms with Gasteiger partial charge in [0.05, 0.1) is 13.2 Å². The van der Waals surface area contributed by atoms with E-state index in [1.165, 1.54) is 24.0 Å². The first-order chi connectivity index (χ1) is 10.3. The van der Waals surface area contributed by atoms with E-state index in [1.54, 1.807) is 7.11 Å². The molecule has 0 aliphatic carbocycles. The second kappa shape index (κ2) is 8.37. The van der Waals surface area contributed by atoms with E-state index in [0.29, 0.717) is 6.10 Å². The Kier molecular flexibility index (Phi) is 6.49. The third-order valence-corrected chi connectivity index (χ3v) is 4.05. The zero-order valence-electron chi connectivity index (χ0n) is 13.5. The van der Waals surface area contributed by atoms with Crippen LogP contribution in [0, 0.1) is 0 Å². The highest BCUT2D eigenvalue weighted by Crippen LogP contribution is 2.23. The zero-order valence-corrected chi connectivity index (χ0v) is 13.5. The lowest BCUT2D eigenvalue weighted by atomic mass is 10.1. The fourth-order valence-corrected chi connectivity index (χ4v) is 2.89. The van der Waals surface area contributed by atoms with E-state index in [4.69, 9.17) is 9.47 Å². The summed E-state index contributed by atoms with van der Waals surface area (Å²) in [4.78, 5) is 2.44. The highest BCUT2D eigenvalue weighted by molar-refractivity contribution is 5.37. The first-order valence-corrected chi connectivity index (χ1v) is 7.91. The van der Waals surface area contributed by atoms with Gasteiger partial charge in [0.15, 0.2) is 0 Å². The second-order valence-electron chi connectivity index (χ2n) is 5.64. The summed E-state index contributed by atoms with van der Waals surface area (Å²) in [7, 11) is 3.71. The van der Waals surface area contributed by atoms with Crippen LogP contribution in [0.3, 0.4) is 0 Å². The van der Waals surface area contributed by atoms with Gasteiger partial charge in [-0.05, 0) is 44.1 Å². The Bertz CT molecular complexity index is 431. The summed E-state index contributed by atoms with van der Waals surface area (Å²) in [5, 5.41) is 3.20. The van der Waals surface area contributed by atoms with Gasteiger partial charge < -0.3 is 14.8 Å². The largest absolute Gasteiger partial charge is 0.496 e. The molecule has 1 aliphatic heterocycles. The number of hydrogen-bond donors (Lipinski definition) is 1. The fraction of sp³-hybridized carbons (Fsp3) is 0.647. The van der Waals surface area contributed by atoms with Crippen LogP contribution in [-0.4, -0.2) is 44.9 Å². The van der Waals surface area contributed by atoms with E-state index in [0.717, 1.165) is 38.5 Å². The molecular weight excluding hydrogens is 264 g/mol. The number of benzene rings is 1. The van der Waals surface area contributed by atoms with Gasteiger partial charge in [-0.15, -0.1) is 0 Å². The van der Waals surface area contributed by atoms with Crippen molar-refractivity contribution in [3.8, 4) is 5.75 Å². The zero-order chi connectivity index (χ0) is 15.1. The van der Waals surface area contributed by atoms with Crippen LogP contribution < -0.4 is 10.1 Å². The van der Waals surface area contributed by atoms with Gasteiger partial charge in [-0.25, -0.2) is 0 Å². The minimum Gasteiger partial charge on any atom is -0.496 e. The first-order valence-electron chi connectivity index (χ1n) is 7.91. The number of ether oxygens (including phenoxy) is 2. The number of likely N-dealkylation sites (N-methyl/N-ethyl adjacent to an activating group) is 1. The molecule has 1 N–H and O–H groups in total. The highest BCUT2D eigenvalue weighted by Gasteiger charge is 2.19. The number of hydrogen-bond acceptors (Lipinski definition) is 4. The molecule has 0 aromatic heterocycles. The Morgan fingerprint density at radius 3 is 2.90 bits per heavy atom. The van der Waals surface area contributed by atoms with Crippen molar-refractivity contribution in [2.24, 2.45) is 0 Å². The van der Waals surface area contributed by atoms with Crippen LogP contribution in [0.2, 0.25) is 0 Å². The number of rotatable bonds is 8. The van der Waals surface area contributed by atoms with Gasteiger partial charge in [0.2, 0.25) is 0 Å². The summed E-state index contributed by atoms with van der Waals surface area (Å²) in [6.45, 7) is 6.96. The summed E-state index contributed by atoms with van der Waals surface area (Å²) < 4.78 is 11.3. The van der Waals surface area contributed by atoms with Crippen molar-refractivity contribution >= 4 is 0 Å². The van der Waals surface area contributed by atoms with Crippen molar-refractivity contribution < 1.29 is 9.47 Å². The van der Waals surface area contributed by atoms with E-state index in [-0.39, 0.29) is 0 Å². The topological polar surface area (TPSA) is 33.7 Å². The highest BCUT2D eigenvalue weighted by atomic mass is 16.5. The number of nitrogens with zero attached hydrogens (tertiary/aromatic N) is 1. The molecule has 118 valence electrons. The van der Waals surface area contributed by atoms with Crippen molar-refractivity contribution in [1.82, 2.24) is 10.2 Å². The molecule has 1 unspecified atom stereocenters. The average molecular weight is 292 g/mol. The predicted octanol–water partition coefficient (Wildman–Crippen LogP) is 2.42. The molecule has 1 heterocycles. The van der Waals surface area contributed by atoms with Crippen molar-refractivity contribution in [3.63, 3.8) is 0 Å². The van der Waals surface area contributed by atoms with Crippen LogP contribution in [0.1, 0.15) is 30.9 Å². The lowest BCUT2D eigenvalue weighted by Crippen LogP contribution is -2.31. The number of methoxy groups -OCH3 is 1. The molecule has 21 heavy (non-hydrogen) atoms. The molecule has 1 aromatic carbocycles. The van der Waals surface area contributed by atoms with Crippen LogP contribution in [0.15, 0.2) is 18.2 Å². The first kappa shape index (κ1) is 16.3. The molecule has 0 saturated carbocycles. The minimum absolute atomic E-state index is 0.399. The molecule has 0 amide bonds. The van der Waals surface area contributed by atoms with Crippen LogP contribution in [-0.2, 0) is 17.8 Å². The van der Waals surface area contributed by atoms with Crippen molar-refractivity contribution in [1.29, 1.82) is 0 Å². The van der Waals surface area contributed by atoms with Gasteiger partial charge in [0, 0.05) is 31.8 Å². The van der Waals surface area contributed by atoms with Crippen LogP contribution in [0.4, 0.5) is 0 Å². The average Bonchev–Trinajstić information content (AvgIpc) is 3.00. The lowest BCUT2D eigenvalue weighted by molar-refractivity contribution is 0.0722. The summed E-state index contributed by atoms with van der Waals surface area (Å²) >= 11 is 0.